The fraction of sp³-hybridized carbons (Fsp3) is 0.412. The number of amides is 1. The summed E-state index contributed by atoms with van der Waals surface area (Å²) in [5.41, 5.74) is -0.206. The predicted molar refractivity (Wildman–Crippen MR) is 91.1 cm³/mol. The summed E-state index contributed by atoms with van der Waals surface area (Å²) in [5.74, 6) is 0.350. The molecule has 3 rings (SSSR count). The normalized spacial score (nSPS) is 18.8. The number of Topliss-reactive ketones (excluding diaryl/α,β-unsaturated/α-hetero) is 1. The lowest BCUT2D eigenvalue weighted by atomic mass is 9.82. The highest BCUT2D eigenvalue weighted by molar-refractivity contribution is 6.36. The molecular weight excluding hydrogens is 353 g/mol. The molecular formula is C17H17Cl2NO4. The molecule has 0 radical (unpaired) electrons. The number of carbonyl (C=O) groups is 2. The molecule has 5 nitrogen and oxygen atoms in total. The molecule has 2 aliphatic heterocycles. The van der Waals surface area contributed by atoms with E-state index in [9.17, 15) is 9.59 Å². The van der Waals surface area contributed by atoms with E-state index >= 15 is 0 Å². The van der Waals surface area contributed by atoms with Crippen LogP contribution in [-0.2, 0) is 4.74 Å². The molecule has 1 amide bonds. The number of carbonyl (C=O) groups excluding carboxylic acids is 2. The predicted octanol–water partition coefficient (Wildman–Crippen LogP) is 4.12. The third-order valence-corrected chi connectivity index (χ3v) is 4.87. The average Bonchev–Trinajstić information content (AvgIpc) is 2.55. The maximum atomic E-state index is 12.5. The molecule has 0 atom stereocenters. The number of ketones is 1. The van der Waals surface area contributed by atoms with Gasteiger partial charge in [0.1, 0.15) is 18.0 Å². The summed E-state index contributed by atoms with van der Waals surface area (Å²) >= 11 is 12.2. The Bertz CT molecular complexity index is 696. The van der Waals surface area contributed by atoms with Gasteiger partial charge in [0.2, 0.25) is 0 Å². The number of likely N-dealkylation sites (tertiary alicyclic amines) is 1. The van der Waals surface area contributed by atoms with Crippen LogP contribution in [-0.4, -0.2) is 42.1 Å². The number of rotatable bonds is 2. The van der Waals surface area contributed by atoms with Gasteiger partial charge in [-0.3, -0.25) is 4.79 Å². The van der Waals surface area contributed by atoms with Crippen LogP contribution in [0.4, 0.5) is 4.79 Å². The zero-order valence-electron chi connectivity index (χ0n) is 13.0. The van der Waals surface area contributed by atoms with E-state index in [4.69, 9.17) is 32.7 Å². The molecule has 0 unspecified atom stereocenters. The second-order valence-electron chi connectivity index (χ2n) is 6.00. The molecule has 1 aromatic rings. The summed E-state index contributed by atoms with van der Waals surface area (Å²) < 4.78 is 11.2. The molecule has 0 saturated carbocycles. The number of nitrogens with zero attached hydrogens (tertiary/aromatic N) is 1. The standard InChI is InChI=1S/C17H17Cl2NO4/c1-2-7-23-16(22)20-5-3-17(4-6-20)10-14(21)12-8-11(18)9-13(19)15(12)24-17/h2,8-9H,1,3-7,10H2. The number of ether oxygens (including phenoxy) is 2. The third-order valence-electron chi connectivity index (χ3n) is 4.37. The Morgan fingerprint density at radius 2 is 2.08 bits per heavy atom. The van der Waals surface area contributed by atoms with Crippen molar-refractivity contribution in [1.82, 2.24) is 4.90 Å². The Morgan fingerprint density at radius 1 is 1.38 bits per heavy atom. The van der Waals surface area contributed by atoms with Crippen LogP contribution in [0.3, 0.4) is 0 Å². The zero-order chi connectivity index (χ0) is 17.3. The Labute approximate surface area is 150 Å². The van der Waals surface area contributed by atoms with Gasteiger partial charge in [-0.1, -0.05) is 35.9 Å². The maximum absolute atomic E-state index is 12.5. The van der Waals surface area contributed by atoms with Gasteiger partial charge in [0.25, 0.3) is 0 Å². The molecule has 0 bridgehead atoms. The largest absolute Gasteiger partial charge is 0.484 e. The molecule has 2 heterocycles. The Hall–Kier alpha value is -1.72. The average molecular weight is 370 g/mol. The van der Waals surface area contributed by atoms with Gasteiger partial charge in [-0.2, -0.15) is 0 Å². The van der Waals surface area contributed by atoms with E-state index in [1.807, 2.05) is 0 Å². The van der Waals surface area contributed by atoms with Crippen molar-refractivity contribution in [3.05, 3.63) is 40.4 Å². The summed E-state index contributed by atoms with van der Waals surface area (Å²) in [6, 6.07) is 3.15. The van der Waals surface area contributed by atoms with E-state index in [0.29, 0.717) is 47.3 Å². The van der Waals surface area contributed by atoms with Gasteiger partial charge >= 0.3 is 6.09 Å². The van der Waals surface area contributed by atoms with Gasteiger partial charge in [0.15, 0.2) is 5.78 Å². The minimum Gasteiger partial charge on any atom is -0.484 e. The summed E-state index contributed by atoms with van der Waals surface area (Å²) in [6.07, 6.45) is 2.49. The third kappa shape index (κ3) is 3.23. The number of fused-ring (bicyclic) bond motifs is 1. The maximum Gasteiger partial charge on any atom is 0.410 e. The minimum absolute atomic E-state index is 0.0386. The fourth-order valence-corrected chi connectivity index (χ4v) is 3.64. The van der Waals surface area contributed by atoms with Crippen molar-refractivity contribution in [1.29, 1.82) is 0 Å². The summed E-state index contributed by atoms with van der Waals surface area (Å²) in [5, 5.41) is 0.740. The number of hydrogen-bond acceptors (Lipinski definition) is 4. The van der Waals surface area contributed by atoms with Crippen LogP contribution in [0.5, 0.6) is 5.75 Å². The fourth-order valence-electron chi connectivity index (χ4n) is 3.11. The van der Waals surface area contributed by atoms with E-state index in [-0.39, 0.29) is 24.9 Å². The lowest BCUT2D eigenvalue weighted by Crippen LogP contribution is -2.52. The van der Waals surface area contributed by atoms with Crippen LogP contribution in [0.25, 0.3) is 0 Å². The number of benzene rings is 1. The Morgan fingerprint density at radius 3 is 2.75 bits per heavy atom. The van der Waals surface area contributed by atoms with Gasteiger partial charge in [-0.15, -0.1) is 0 Å². The number of halogens is 2. The molecule has 1 saturated heterocycles. The van der Waals surface area contributed by atoms with Crippen LogP contribution in [0.2, 0.25) is 10.0 Å². The molecule has 0 aromatic heterocycles. The number of piperidine rings is 1. The van der Waals surface area contributed by atoms with Crippen molar-refractivity contribution < 1.29 is 19.1 Å². The minimum atomic E-state index is -0.628. The highest BCUT2D eigenvalue weighted by Gasteiger charge is 2.44. The molecule has 2 aliphatic rings. The molecule has 128 valence electrons. The monoisotopic (exact) mass is 369 g/mol. The summed E-state index contributed by atoms with van der Waals surface area (Å²) in [4.78, 5) is 26.0. The number of hydrogen-bond donors (Lipinski definition) is 0. The second-order valence-corrected chi connectivity index (χ2v) is 6.85. The van der Waals surface area contributed by atoms with E-state index in [0.717, 1.165) is 0 Å². The first-order valence-electron chi connectivity index (χ1n) is 7.68. The van der Waals surface area contributed by atoms with Crippen molar-refractivity contribution in [2.75, 3.05) is 19.7 Å². The zero-order valence-corrected chi connectivity index (χ0v) is 14.5. The highest BCUT2D eigenvalue weighted by Crippen LogP contribution is 2.44. The van der Waals surface area contributed by atoms with Crippen molar-refractivity contribution in [3.8, 4) is 5.75 Å². The highest BCUT2D eigenvalue weighted by atomic mass is 35.5. The lowest BCUT2D eigenvalue weighted by molar-refractivity contribution is -0.00805. The van der Waals surface area contributed by atoms with Gasteiger partial charge in [-0.05, 0) is 12.1 Å². The van der Waals surface area contributed by atoms with Gasteiger partial charge < -0.3 is 14.4 Å². The van der Waals surface area contributed by atoms with Crippen LogP contribution in [0.1, 0.15) is 29.6 Å². The molecule has 1 aromatic carbocycles. The van der Waals surface area contributed by atoms with Crippen LogP contribution >= 0.6 is 23.2 Å². The first-order chi connectivity index (χ1) is 11.4. The first kappa shape index (κ1) is 17.1. The van der Waals surface area contributed by atoms with Gasteiger partial charge in [0, 0.05) is 31.0 Å². The molecule has 0 N–H and O–H groups in total. The van der Waals surface area contributed by atoms with Crippen molar-refractivity contribution in [2.45, 2.75) is 24.9 Å². The van der Waals surface area contributed by atoms with E-state index in [2.05, 4.69) is 6.58 Å². The molecule has 1 fully saturated rings. The van der Waals surface area contributed by atoms with Crippen molar-refractivity contribution in [3.63, 3.8) is 0 Å². The summed E-state index contributed by atoms with van der Waals surface area (Å²) in [7, 11) is 0. The lowest BCUT2D eigenvalue weighted by Gasteiger charge is -2.43. The SMILES string of the molecule is C=CCOC(=O)N1CCC2(CC1)CC(=O)c1cc(Cl)cc(Cl)c1O2. The quantitative estimate of drug-likeness (QED) is 0.735. The van der Waals surface area contributed by atoms with Crippen LogP contribution in [0, 0.1) is 0 Å². The van der Waals surface area contributed by atoms with E-state index in [1.165, 1.54) is 6.08 Å². The van der Waals surface area contributed by atoms with Crippen molar-refractivity contribution >= 4 is 35.1 Å². The Balaban J connectivity index is 1.74. The summed E-state index contributed by atoms with van der Waals surface area (Å²) in [6.45, 7) is 4.62. The second kappa shape index (κ2) is 6.65. The Kier molecular flexibility index (Phi) is 4.74. The smallest absolute Gasteiger partial charge is 0.410 e. The molecule has 1 spiro atoms. The van der Waals surface area contributed by atoms with Gasteiger partial charge in [-0.25, -0.2) is 4.79 Å². The molecule has 7 heteroatoms. The van der Waals surface area contributed by atoms with E-state index in [1.54, 1.807) is 17.0 Å². The van der Waals surface area contributed by atoms with Crippen molar-refractivity contribution in [2.24, 2.45) is 0 Å². The first-order valence-corrected chi connectivity index (χ1v) is 8.43. The molecule has 24 heavy (non-hydrogen) atoms. The van der Waals surface area contributed by atoms with E-state index < -0.39 is 5.60 Å². The van der Waals surface area contributed by atoms with Crippen LogP contribution in [0.15, 0.2) is 24.8 Å². The topological polar surface area (TPSA) is 55.8 Å². The van der Waals surface area contributed by atoms with Gasteiger partial charge in [0.05, 0.1) is 17.0 Å². The van der Waals surface area contributed by atoms with Crippen LogP contribution < -0.4 is 4.74 Å². The molecule has 0 aliphatic carbocycles.